The lowest BCUT2D eigenvalue weighted by atomic mass is 10.1. The van der Waals surface area contributed by atoms with Crippen LogP contribution in [0.2, 0.25) is 0 Å². The lowest BCUT2D eigenvalue weighted by Crippen LogP contribution is -1.81. The van der Waals surface area contributed by atoms with Gasteiger partial charge < -0.3 is 5.11 Å². The van der Waals surface area contributed by atoms with Gasteiger partial charge in [0.05, 0.1) is 6.61 Å². The maximum absolute atomic E-state index is 8.89. The molecule has 59 valence electrons. The summed E-state index contributed by atoms with van der Waals surface area (Å²) < 4.78 is 0. The molecule has 0 saturated heterocycles. The van der Waals surface area contributed by atoms with Crippen LogP contribution in [-0.4, -0.2) is 5.11 Å². The number of aliphatic hydroxyl groups is 1. The van der Waals surface area contributed by atoms with Gasteiger partial charge in [-0.25, -0.2) is 0 Å². The fourth-order valence-electron chi connectivity index (χ4n) is 1.27. The van der Waals surface area contributed by atoms with E-state index in [1.165, 1.54) is 0 Å². The van der Waals surface area contributed by atoms with E-state index in [0.29, 0.717) is 0 Å². The SMILES string of the molecule is OCc1ccc2c[c]ccc2c1. The Morgan fingerprint density at radius 2 is 2.08 bits per heavy atom. The minimum absolute atomic E-state index is 0.106. The molecule has 0 aliphatic rings. The summed E-state index contributed by atoms with van der Waals surface area (Å²) in [6, 6.07) is 14.7. The van der Waals surface area contributed by atoms with E-state index in [-0.39, 0.29) is 6.61 Å². The van der Waals surface area contributed by atoms with Crippen molar-refractivity contribution in [3.63, 3.8) is 0 Å². The smallest absolute Gasteiger partial charge is 0.0682 e. The molecule has 1 radical (unpaired) electrons. The van der Waals surface area contributed by atoms with E-state index in [0.717, 1.165) is 16.3 Å². The molecule has 1 heteroatoms. The molecule has 0 amide bonds. The van der Waals surface area contributed by atoms with Gasteiger partial charge in [0.25, 0.3) is 0 Å². The average Bonchev–Trinajstić information content (AvgIpc) is 2.17. The fourth-order valence-corrected chi connectivity index (χ4v) is 1.27. The first-order valence-electron chi connectivity index (χ1n) is 3.90. The monoisotopic (exact) mass is 157 g/mol. The summed E-state index contributed by atoms with van der Waals surface area (Å²) >= 11 is 0. The molecule has 1 N–H and O–H groups in total. The molecule has 0 aliphatic carbocycles. The van der Waals surface area contributed by atoms with Crippen LogP contribution in [0.15, 0.2) is 36.4 Å². The van der Waals surface area contributed by atoms with Crippen molar-refractivity contribution in [3.8, 4) is 0 Å². The molecule has 1 nitrogen and oxygen atoms in total. The first-order chi connectivity index (χ1) is 5.90. The molecule has 0 heterocycles. The summed E-state index contributed by atoms with van der Waals surface area (Å²) in [5.74, 6) is 0. The molecule has 12 heavy (non-hydrogen) atoms. The van der Waals surface area contributed by atoms with Crippen LogP contribution in [0.1, 0.15) is 5.56 Å². The van der Waals surface area contributed by atoms with Gasteiger partial charge in [-0.05, 0) is 34.5 Å². The van der Waals surface area contributed by atoms with E-state index in [2.05, 4.69) is 6.07 Å². The standard InChI is InChI=1S/C11H9O/c12-8-9-5-6-10-3-1-2-4-11(10)7-9/h2-7,12H,8H2. The summed E-state index contributed by atoms with van der Waals surface area (Å²) in [4.78, 5) is 0. The minimum Gasteiger partial charge on any atom is -0.392 e. The molecule has 0 spiro atoms. The molecule has 0 bridgehead atoms. The lowest BCUT2D eigenvalue weighted by molar-refractivity contribution is 0.282. The third kappa shape index (κ3) is 1.19. The van der Waals surface area contributed by atoms with Gasteiger partial charge in [0.2, 0.25) is 0 Å². The molecular weight excluding hydrogens is 148 g/mol. The van der Waals surface area contributed by atoms with Crippen molar-refractivity contribution in [2.45, 2.75) is 6.61 Å². The highest BCUT2D eigenvalue weighted by Gasteiger charge is 1.93. The highest BCUT2D eigenvalue weighted by Crippen LogP contribution is 2.14. The van der Waals surface area contributed by atoms with Gasteiger partial charge in [0, 0.05) is 0 Å². The molecule has 0 fully saturated rings. The van der Waals surface area contributed by atoms with Crippen LogP contribution in [0.5, 0.6) is 0 Å². The topological polar surface area (TPSA) is 20.2 Å². The zero-order valence-electron chi connectivity index (χ0n) is 6.62. The first-order valence-corrected chi connectivity index (χ1v) is 3.90. The lowest BCUT2D eigenvalue weighted by Gasteiger charge is -1.98. The van der Waals surface area contributed by atoms with Crippen molar-refractivity contribution >= 4 is 10.8 Å². The summed E-state index contributed by atoms with van der Waals surface area (Å²) in [5.41, 5.74) is 0.953. The van der Waals surface area contributed by atoms with Crippen molar-refractivity contribution in [1.82, 2.24) is 0 Å². The Balaban J connectivity index is 2.67. The van der Waals surface area contributed by atoms with Crippen LogP contribution in [0.25, 0.3) is 10.8 Å². The Kier molecular flexibility index (Phi) is 1.80. The summed E-state index contributed by atoms with van der Waals surface area (Å²) in [6.45, 7) is 0.106. The maximum Gasteiger partial charge on any atom is 0.0682 e. The second kappa shape index (κ2) is 2.95. The highest BCUT2D eigenvalue weighted by atomic mass is 16.3. The highest BCUT2D eigenvalue weighted by molar-refractivity contribution is 5.82. The molecule has 2 rings (SSSR count). The van der Waals surface area contributed by atoms with Crippen LogP contribution in [0.4, 0.5) is 0 Å². The van der Waals surface area contributed by atoms with Crippen LogP contribution in [0, 0.1) is 6.07 Å². The van der Waals surface area contributed by atoms with Gasteiger partial charge in [-0.3, -0.25) is 0 Å². The number of rotatable bonds is 1. The van der Waals surface area contributed by atoms with E-state index in [4.69, 9.17) is 5.11 Å². The van der Waals surface area contributed by atoms with Crippen molar-refractivity contribution in [2.75, 3.05) is 0 Å². The predicted octanol–water partition coefficient (Wildman–Crippen LogP) is 2.13. The Morgan fingerprint density at radius 3 is 2.92 bits per heavy atom. The minimum atomic E-state index is 0.106. The van der Waals surface area contributed by atoms with Crippen molar-refractivity contribution in [1.29, 1.82) is 0 Å². The van der Waals surface area contributed by atoms with Gasteiger partial charge in [-0.15, -0.1) is 0 Å². The number of fused-ring (bicyclic) bond motifs is 1. The van der Waals surface area contributed by atoms with Crippen LogP contribution in [-0.2, 0) is 6.61 Å². The predicted molar refractivity (Wildman–Crippen MR) is 48.7 cm³/mol. The summed E-state index contributed by atoms with van der Waals surface area (Å²) in [5, 5.41) is 11.2. The van der Waals surface area contributed by atoms with Crippen molar-refractivity contribution in [3.05, 3.63) is 48.0 Å². The number of hydrogen-bond acceptors (Lipinski definition) is 1. The molecular formula is C11H9O. The van der Waals surface area contributed by atoms with Gasteiger partial charge in [-0.1, -0.05) is 24.3 Å². The van der Waals surface area contributed by atoms with E-state index < -0.39 is 0 Å². The zero-order chi connectivity index (χ0) is 8.39. The van der Waals surface area contributed by atoms with E-state index in [1.807, 2.05) is 36.4 Å². The van der Waals surface area contributed by atoms with Gasteiger partial charge in [-0.2, -0.15) is 0 Å². The molecule has 0 aliphatic heterocycles. The molecule has 0 unspecified atom stereocenters. The third-order valence-electron chi connectivity index (χ3n) is 1.93. The Labute approximate surface area is 71.3 Å². The van der Waals surface area contributed by atoms with Gasteiger partial charge >= 0.3 is 0 Å². The molecule has 2 aromatic carbocycles. The normalized spacial score (nSPS) is 10.4. The molecule has 0 atom stereocenters. The molecule has 2 aromatic rings. The molecule has 0 saturated carbocycles. The van der Waals surface area contributed by atoms with E-state index in [9.17, 15) is 0 Å². The average molecular weight is 157 g/mol. The second-order valence-electron chi connectivity index (χ2n) is 2.77. The van der Waals surface area contributed by atoms with E-state index >= 15 is 0 Å². The third-order valence-corrected chi connectivity index (χ3v) is 1.93. The number of hydrogen-bond donors (Lipinski definition) is 1. The number of aliphatic hydroxyl groups excluding tert-OH is 1. The largest absolute Gasteiger partial charge is 0.392 e. The van der Waals surface area contributed by atoms with Crippen LogP contribution < -0.4 is 0 Å². The summed E-state index contributed by atoms with van der Waals surface area (Å²) in [7, 11) is 0. The Bertz CT molecular complexity index is 393. The van der Waals surface area contributed by atoms with Crippen LogP contribution >= 0.6 is 0 Å². The zero-order valence-corrected chi connectivity index (χ0v) is 6.62. The van der Waals surface area contributed by atoms with Crippen molar-refractivity contribution < 1.29 is 5.11 Å². The Hall–Kier alpha value is -1.34. The Morgan fingerprint density at radius 1 is 1.17 bits per heavy atom. The maximum atomic E-state index is 8.89. The van der Waals surface area contributed by atoms with E-state index in [1.54, 1.807) is 0 Å². The quantitative estimate of drug-likeness (QED) is 0.672. The second-order valence-corrected chi connectivity index (χ2v) is 2.77. The van der Waals surface area contributed by atoms with Crippen LogP contribution in [0.3, 0.4) is 0 Å². The first kappa shape index (κ1) is 7.32. The number of benzene rings is 2. The fraction of sp³-hybridized carbons (Fsp3) is 0.0909. The summed E-state index contributed by atoms with van der Waals surface area (Å²) in [6.07, 6.45) is 0. The van der Waals surface area contributed by atoms with Gasteiger partial charge in [0.1, 0.15) is 0 Å². The van der Waals surface area contributed by atoms with Gasteiger partial charge in [0.15, 0.2) is 0 Å². The molecule has 0 aromatic heterocycles. The van der Waals surface area contributed by atoms with Crippen molar-refractivity contribution in [2.24, 2.45) is 0 Å².